The molecule has 0 saturated heterocycles. The fourth-order valence-electron chi connectivity index (χ4n) is 5.07. The van der Waals surface area contributed by atoms with Crippen LogP contribution in [0.4, 0.5) is 0 Å². The number of nitrogens with zero attached hydrogens (tertiary/aromatic N) is 3. The SMILES string of the molecule is C[C@@H]1NC(=O)c2cc(on2)CN(C(=O)c2cccnc2)CCNC(=O)[C@@H](Cc2ccccc2)NC(=O)[C@H](Cc2ccccc2)NC1=O. The van der Waals surface area contributed by atoms with Crippen molar-refractivity contribution >= 4 is 29.5 Å². The highest BCUT2D eigenvalue weighted by atomic mass is 16.5. The Hall–Kier alpha value is -5.85. The van der Waals surface area contributed by atoms with E-state index in [0.29, 0.717) is 5.56 Å². The van der Waals surface area contributed by atoms with Crippen molar-refractivity contribution in [3.05, 3.63) is 119 Å². The smallest absolute Gasteiger partial charge is 0.274 e. The molecule has 5 amide bonds. The number of carbonyl (C=O) groups is 5. The normalized spacial score (nSPS) is 19.8. The molecule has 13 heteroatoms. The summed E-state index contributed by atoms with van der Waals surface area (Å²) >= 11 is 0. The van der Waals surface area contributed by atoms with Crippen LogP contribution < -0.4 is 21.3 Å². The summed E-state index contributed by atoms with van der Waals surface area (Å²) in [6.07, 6.45) is 3.28. The molecular weight excluding hydrogens is 602 g/mol. The number of aromatic nitrogens is 2. The van der Waals surface area contributed by atoms with Gasteiger partial charge in [0.1, 0.15) is 18.1 Å². The fraction of sp³-hybridized carbons (Fsp3) is 0.265. The fourth-order valence-corrected chi connectivity index (χ4v) is 5.07. The van der Waals surface area contributed by atoms with E-state index < -0.39 is 41.8 Å². The van der Waals surface area contributed by atoms with Crippen molar-refractivity contribution in [2.24, 2.45) is 0 Å². The first-order chi connectivity index (χ1) is 22.8. The third kappa shape index (κ3) is 8.87. The zero-order valence-corrected chi connectivity index (χ0v) is 25.7. The summed E-state index contributed by atoms with van der Waals surface area (Å²) < 4.78 is 5.37. The van der Waals surface area contributed by atoms with Crippen LogP contribution in [0.1, 0.15) is 44.7 Å². The van der Waals surface area contributed by atoms with Gasteiger partial charge < -0.3 is 30.7 Å². The van der Waals surface area contributed by atoms with Gasteiger partial charge in [0.15, 0.2) is 11.5 Å². The van der Waals surface area contributed by atoms with Gasteiger partial charge in [-0.25, -0.2) is 0 Å². The summed E-state index contributed by atoms with van der Waals surface area (Å²) in [5.41, 5.74) is 1.82. The zero-order valence-electron chi connectivity index (χ0n) is 25.7. The number of amides is 5. The number of carbonyl (C=O) groups excluding carboxylic acids is 5. The number of hydrogen-bond acceptors (Lipinski definition) is 8. The predicted octanol–water partition coefficient (Wildman–Crippen LogP) is 1.42. The summed E-state index contributed by atoms with van der Waals surface area (Å²) in [5, 5.41) is 14.8. The average Bonchev–Trinajstić information content (AvgIpc) is 3.56. The quantitative estimate of drug-likeness (QED) is 0.254. The van der Waals surface area contributed by atoms with E-state index in [4.69, 9.17) is 4.52 Å². The first-order valence-electron chi connectivity index (χ1n) is 15.2. The largest absolute Gasteiger partial charge is 0.359 e. The summed E-state index contributed by atoms with van der Waals surface area (Å²) in [6.45, 7) is 1.52. The first kappa shape index (κ1) is 32.5. The van der Waals surface area contributed by atoms with Gasteiger partial charge in [0.25, 0.3) is 11.8 Å². The molecule has 2 aromatic heterocycles. The van der Waals surface area contributed by atoms with Crippen molar-refractivity contribution < 1.29 is 28.5 Å². The molecule has 5 rings (SSSR count). The van der Waals surface area contributed by atoms with E-state index in [2.05, 4.69) is 31.4 Å². The Labute approximate surface area is 271 Å². The molecule has 4 N–H and O–H groups in total. The van der Waals surface area contributed by atoms with Crippen LogP contribution in [-0.4, -0.2) is 75.8 Å². The van der Waals surface area contributed by atoms with Gasteiger partial charge in [-0.1, -0.05) is 65.8 Å². The van der Waals surface area contributed by atoms with E-state index in [1.54, 1.807) is 18.3 Å². The Balaban J connectivity index is 1.45. The highest BCUT2D eigenvalue weighted by Crippen LogP contribution is 2.13. The molecule has 3 heterocycles. The lowest BCUT2D eigenvalue weighted by Crippen LogP contribution is -2.57. The summed E-state index contributed by atoms with van der Waals surface area (Å²) in [4.78, 5) is 72.5. The highest BCUT2D eigenvalue weighted by Gasteiger charge is 2.30. The number of fused-ring (bicyclic) bond motifs is 2. The maximum Gasteiger partial charge on any atom is 0.274 e. The minimum absolute atomic E-state index is 0.0369. The Morgan fingerprint density at radius 3 is 2.11 bits per heavy atom. The van der Waals surface area contributed by atoms with Gasteiger partial charge in [-0.2, -0.15) is 0 Å². The molecule has 2 aromatic carbocycles. The van der Waals surface area contributed by atoms with E-state index in [0.717, 1.165) is 11.1 Å². The van der Waals surface area contributed by atoms with Gasteiger partial charge >= 0.3 is 0 Å². The van der Waals surface area contributed by atoms with Crippen molar-refractivity contribution in [2.75, 3.05) is 13.1 Å². The van der Waals surface area contributed by atoms with Crippen LogP contribution in [0.5, 0.6) is 0 Å². The minimum atomic E-state index is -1.07. The lowest BCUT2D eigenvalue weighted by molar-refractivity contribution is -0.132. The molecule has 1 aliphatic heterocycles. The molecule has 0 aliphatic carbocycles. The Morgan fingerprint density at radius 2 is 1.47 bits per heavy atom. The molecule has 242 valence electrons. The molecule has 47 heavy (non-hydrogen) atoms. The maximum atomic E-state index is 13.8. The molecule has 0 radical (unpaired) electrons. The molecule has 13 nitrogen and oxygen atoms in total. The summed E-state index contributed by atoms with van der Waals surface area (Å²) in [5.74, 6) is -2.50. The van der Waals surface area contributed by atoms with Crippen molar-refractivity contribution in [3.63, 3.8) is 0 Å². The van der Waals surface area contributed by atoms with Crippen LogP contribution in [0.3, 0.4) is 0 Å². The molecule has 0 saturated carbocycles. The summed E-state index contributed by atoms with van der Waals surface area (Å²) in [7, 11) is 0. The van der Waals surface area contributed by atoms with Crippen LogP contribution in [-0.2, 0) is 33.8 Å². The van der Waals surface area contributed by atoms with Crippen molar-refractivity contribution in [1.82, 2.24) is 36.3 Å². The molecule has 1 aliphatic rings. The average molecular weight is 638 g/mol. The van der Waals surface area contributed by atoms with Crippen LogP contribution in [0.25, 0.3) is 0 Å². The van der Waals surface area contributed by atoms with Crippen LogP contribution in [0.15, 0.2) is 95.8 Å². The third-order valence-corrected chi connectivity index (χ3v) is 7.59. The Bertz CT molecular complexity index is 1700. The number of benzene rings is 2. The predicted molar refractivity (Wildman–Crippen MR) is 170 cm³/mol. The number of hydrogen-bond donors (Lipinski definition) is 4. The van der Waals surface area contributed by atoms with E-state index in [-0.39, 0.29) is 49.8 Å². The second-order valence-corrected chi connectivity index (χ2v) is 11.1. The maximum absolute atomic E-state index is 13.8. The molecule has 0 spiro atoms. The first-order valence-corrected chi connectivity index (χ1v) is 15.2. The van der Waals surface area contributed by atoms with E-state index >= 15 is 0 Å². The zero-order chi connectivity index (χ0) is 33.2. The lowest BCUT2D eigenvalue weighted by Gasteiger charge is -2.26. The monoisotopic (exact) mass is 637 g/mol. The number of pyridine rings is 1. The number of rotatable bonds is 5. The lowest BCUT2D eigenvalue weighted by atomic mass is 10.0. The second kappa shape index (κ2) is 15.4. The Kier molecular flexibility index (Phi) is 10.7. The van der Waals surface area contributed by atoms with Gasteiger partial charge in [0.2, 0.25) is 17.7 Å². The van der Waals surface area contributed by atoms with Gasteiger partial charge in [0, 0.05) is 44.4 Å². The topological polar surface area (TPSA) is 176 Å². The number of nitrogens with one attached hydrogen (secondary N) is 4. The van der Waals surface area contributed by atoms with Crippen molar-refractivity contribution in [1.29, 1.82) is 0 Å². The van der Waals surface area contributed by atoms with Crippen molar-refractivity contribution in [2.45, 2.75) is 44.4 Å². The third-order valence-electron chi connectivity index (χ3n) is 7.59. The highest BCUT2D eigenvalue weighted by molar-refractivity contribution is 5.98. The molecule has 2 bridgehead atoms. The van der Waals surface area contributed by atoms with E-state index in [1.165, 1.54) is 24.1 Å². The van der Waals surface area contributed by atoms with Gasteiger partial charge in [0.05, 0.1) is 12.1 Å². The van der Waals surface area contributed by atoms with Crippen LogP contribution in [0.2, 0.25) is 0 Å². The molecule has 4 aromatic rings. The van der Waals surface area contributed by atoms with E-state index in [1.807, 2.05) is 60.7 Å². The van der Waals surface area contributed by atoms with Crippen molar-refractivity contribution in [3.8, 4) is 0 Å². The molecule has 3 atom stereocenters. The van der Waals surface area contributed by atoms with Gasteiger partial charge in [-0.15, -0.1) is 0 Å². The molecule has 0 unspecified atom stereocenters. The molecular formula is C34H35N7O6. The van der Waals surface area contributed by atoms with E-state index in [9.17, 15) is 24.0 Å². The van der Waals surface area contributed by atoms with Gasteiger partial charge in [-0.05, 0) is 30.2 Å². The second-order valence-electron chi connectivity index (χ2n) is 11.1. The molecule has 0 fully saturated rings. The minimum Gasteiger partial charge on any atom is -0.359 e. The van der Waals surface area contributed by atoms with Crippen LogP contribution >= 0.6 is 0 Å². The summed E-state index contributed by atoms with van der Waals surface area (Å²) in [6, 6.07) is 19.8. The Morgan fingerprint density at radius 1 is 0.830 bits per heavy atom. The van der Waals surface area contributed by atoms with Gasteiger partial charge in [-0.3, -0.25) is 29.0 Å². The standard InChI is InChI=1S/C34H35N7O6/c1-22-30(42)38-28(18-24-11-6-3-7-12-24)32(44)39-27(17-23-9-4-2-5-10-23)31(43)36-15-16-41(34(46)25-13-8-14-35-20-25)21-26-19-29(40-47-26)33(45)37-22/h2-14,19-20,22,27-28H,15-18,21H2,1H3,(H,36,43)(H,37,45)(H,38,42)(H,39,44)/t22-,27+,28-/m0/s1. The van der Waals surface area contributed by atoms with Crippen LogP contribution in [0, 0.1) is 0 Å².